The van der Waals surface area contributed by atoms with Crippen LogP contribution in [0.5, 0.6) is 0 Å². The third-order valence-electron chi connectivity index (χ3n) is 3.63. The number of hydrogen-bond acceptors (Lipinski definition) is 3. The van der Waals surface area contributed by atoms with Crippen molar-refractivity contribution in [1.29, 1.82) is 0 Å². The Kier molecular flexibility index (Phi) is 4.05. The first kappa shape index (κ1) is 14.8. The number of nitrogens with zero attached hydrogens (tertiary/aromatic N) is 2. The number of hydrogen-bond donors (Lipinski definition) is 2. The number of amides is 3. The zero-order chi connectivity index (χ0) is 16.2. The van der Waals surface area contributed by atoms with Gasteiger partial charge in [0.05, 0.1) is 12.1 Å². The van der Waals surface area contributed by atoms with Crippen LogP contribution >= 0.6 is 0 Å². The van der Waals surface area contributed by atoms with Crippen LogP contribution in [0, 0.1) is 0 Å². The van der Waals surface area contributed by atoms with Crippen molar-refractivity contribution < 1.29 is 9.59 Å². The van der Waals surface area contributed by atoms with Crippen LogP contribution in [0.3, 0.4) is 0 Å². The molecule has 6 nitrogen and oxygen atoms in total. The van der Waals surface area contributed by atoms with Crippen molar-refractivity contribution in [2.24, 2.45) is 10.8 Å². The summed E-state index contributed by atoms with van der Waals surface area (Å²) < 4.78 is 0. The third kappa shape index (κ3) is 3.06. The van der Waals surface area contributed by atoms with Crippen LogP contribution in [0.1, 0.15) is 18.0 Å². The first-order valence-corrected chi connectivity index (χ1v) is 7.21. The van der Waals surface area contributed by atoms with Crippen molar-refractivity contribution in [3.8, 4) is 0 Å². The standard InChI is InChI=1S/C17H16N4O2/c18-17(23)20-19-14-11-15(22)21(13-9-5-2-6-10-13)16(14)12-7-3-1-4-8-12/h1-10,16H,11H2,(H3,18,20,23)/b19-14+/t16-/m0/s1. The second kappa shape index (κ2) is 6.31. The lowest BCUT2D eigenvalue weighted by atomic mass is 10.0. The van der Waals surface area contributed by atoms with Crippen LogP contribution < -0.4 is 16.1 Å². The minimum atomic E-state index is -0.755. The van der Waals surface area contributed by atoms with Crippen molar-refractivity contribution in [3.05, 3.63) is 66.2 Å². The van der Waals surface area contributed by atoms with E-state index in [9.17, 15) is 9.59 Å². The molecule has 0 saturated carbocycles. The molecule has 23 heavy (non-hydrogen) atoms. The minimum absolute atomic E-state index is 0.0740. The van der Waals surface area contributed by atoms with E-state index in [1.807, 2.05) is 60.7 Å². The van der Waals surface area contributed by atoms with Gasteiger partial charge in [0.15, 0.2) is 0 Å². The molecule has 3 N–H and O–H groups in total. The lowest BCUT2D eigenvalue weighted by Crippen LogP contribution is -2.30. The van der Waals surface area contributed by atoms with Crippen molar-refractivity contribution in [3.63, 3.8) is 0 Å². The van der Waals surface area contributed by atoms with E-state index in [-0.39, 0.29) is 18.4 Å². The molecule has 1 saturated heterocycles. The Morgan fingerprint density at radius 2 is 1.70 bits per heavy atom. The Morgan fingerprint density at radius 3 is 2.30 bits per heavy atom. The number of hydrazone groups is 1. The number of rotatable bonds is 3. The molecule has 0 aliphatic carbocycles. The van der Waals surface area contributed by atoms with E-state index >= 15 is 0 Å². The van der Waals surface area contributed by atoms with Gasteiger partial charge in [0, 0.05) is 5.69 Å². The molecule has 3 rings (SSSR count). The summed E-state index contributed by atoms with van der Waals surface area (Å²) in [4.78, 5) is 25.1. The summed E-state index contributed by atoms with van der Waals surface area (Å²) in [5.74, 6) is -0.0740. The number of carbonyl (C=O) groups is 2. The molecule has 1 fully saturated rings. The maximum absolute atomic E-state index is 12.5. The smallest absolute Gasteiger partial charge is 0.332 e. The molecule has 116 valence electrons. The van der Waals surface area contributed by atoms with E-state index in [4.69, 9.17) is 5.73 Å². The van der Waals surface area contributed by atoms with Gasteiger partial charge in [0.1, 0.15) is 6.04 Å². The predicted octanol–water partition coefficient (Wildman–Crippen LogP) is 2.19. The van der Waals surface area contributed by atoms with Gasteiger partial charge in [-0.3, -0.25) is 9.69 Å². The number of anilines is 1. The fraction of sp³-hybridized carbons (Fsp3) is 0.118. The van der Waals surface area contributed by atoms with Crippen molar-refractivity contribution in [2.75, 3.05) is 4.90 Å². The van der Waals surface area contributed by atoms with E-state index in [0.717, 1.165) is 11.3 Å². The molecule has 1 heterocycles. The average molecular weight is 308 g/mol. The van der Waals surface area contributed by atoms with Crippen LogP contribution in [0.4, 0.5) is 10.5 Å². The number of nitrogens with one attached hydrogen (secondary N) is 1. The highest BCUT2D eigenvalue weighted by atomic mass is 16.2. The van der Waals surface area contributed by atoms with Crippen LogP contribution in [-0.4, -0.2) is 17.6 Å². The Morgan fingerprint density at radius 1 is 1.09 bits per heavy atom. The molecule has 0 aromatic heterocycles. The second-order valence-electron chi connectivity index (χ2n) is 5.17. The molecule has 2 aromatic rings. The maximum Gasteiger partial charge on any atom is 0.332 e. The summed E-state index contributed by atoms with van der Waals surface area (Å²) in [6.45, 7) is 0. The van der Waals surface area contributed by atoms with Gasteiger partial charge in [-0.1, -0.05) is 48.5 Å². The summed E-state index contributed by atoms with van der Waals surface area (Å²) in [6, 6.07) is 17.8. The topological polar surface area (TPSA) is 87.8 Å². The highest BCUT2D eigenvalue weighted by molar-refractivity contribution is 6.19. The molecule has 0 radical (unpaired) electrons. The summed E-state index contributed by atoms with van der Waals surface area (Å²) in [7, 11) is 0. The van der Waals surface area contributed by atoms with E-state index in [0.29, 0.717) is 5.71 Å². The van der Waals surface area contributed by atoms with E-state index < -0.39 is 6.03 Å². The molecule has 6 heteroatoms. The molecule has 1 aliphatic heterocycles. The van der Waals surface area contributed by atoms with Crippen LogP contribution in [0.25, 0.3) is 0 Å². The summed E-state index contributed by atoms with van der Waals surface area (Å²) in [5, 5.41) is 4.04. The van der Waals surface area contributed by atoms with Crippen LogP contribution in [-0.2, 0) is 4.79 Å². The van der Waals surface area contributed by atoms with E-state index in [1.165, 1.54) is 0 Å². The Hall–Kier alpha value is -3.15. The summed E-state index contributed by atoms with van der Waals surface area (Å²) in [5.41, 5.74) is 9.58. The van der Waals surface area contributed by atoms with Crippen molar-refractivity contribution in [1.82, 2.24) is 5.43 Å². The Labute approximate surface area is 133 Å². The number of carbonyl (C=O) groups excluding carboxylic acids is 2. The zero-order valence-corrected chi connectivity index (χ0v) is 12.3. The highest BCUT2D eigenvalue weighted by Crippen LogP contribution is 2.35. The van der Waals surface area contributed by atoms with Crippen LogP contribution in [0.15, 0.2) is 65.8 Å². The number of primary amides is 1. The first-order valence-electron chi connectivity index (χ1n) is 7.21. The third-order valence-corrected chi connectivity index (χ3v) is 3.63. The van der Waals surface area contributed by atoms with Gasteiger partial charge in [0.2, 0.25) is 5.91 Å². The van der Waals surface area contributed by atoms with Crippen LogP contribution in [0.2, 0.25) is 0 Å². The van der Waals surface area contributed by atoms with Gasteiger partial charge in [-0.05, 0) is 17.7 Å². The van der Waals surface area contributed by atoms with Gasteiger partial charge in [-0.15, -0.1) is 0 Å². The molecule has 1 aliphatic rings. The fourth-order valence-electron chi connectivity index (χ4n) is 2.72. The molecule has 2 aromatic carbocycles. The van der Waals surface area contributed by atoms with Crippen molar-refractivity contribution in [2.45, 2.75) is 12.5 Å². The van der Waals surface area contributed by atoms with Gasteiger partial charge in [0.25, 0.3) is 0 Å². The zero-order valence-electron chi connectivity index (χ0n) is 12.3. The first-order chi connectivity index (χ1) is 11.2. The molecule has 0 spiro atoms. The molecule has 3 amide bonds. The van der Waals surface area contributed by atoms with Gasteiger partial charge >= 0.3 is 6.03 Å². The van der Waals surface area contributed by atoms with E-state index in [1.54, 1.807) is 4.90 Å². The minimum Gasteiger partial charge on any atom is -0.350 e. The summed E-state index contributed by atoms with van der Waals surface area (Å²) in [6.07, 6.45) is 0.134. The number of benzene rings is 2. The number of nitrogens with two attached hydrogens (primary N) is 1. The van der Waals surface area contributed by atoms with Gasteiger partial charge in [-0.25, -0.2) is 10.2 Å². The highest BCUT2D eigenvalue weighted by Gasteiger charge is 2.38. The molecular formula is C17H16N4O2. The predicted molar refractivity (Wildman–Crippen MR) is 87.9 cm³/mol. The number of urea groups is 1. The lowest BCUT2D eigenvalue weighted by molar-refractivity contribution is -0.116. The van der Waals surface area contributed by atoms with Crippen molar-refractivity contribution >= 4 is 23.3 Å². The Bertz CT molecular complexity index is 744. The summed E-state index contributed by atoms with van der Waals surface area (Å²) >= 11 is 0. The van der Waals surface area contributed by atoms with Gasteiger partial charge in [-0.2, -0.15) is 5.10 Å². The molecule has 1 atom stereocenters. The Balaban J connectivity index is 2.05. The normalized spacial score (nSPS) is 19.1. The monoisotopic (exact) mass is 308 g/mol. The fourth-order valence-corrected chi connectivity index (χ4v) is 2.72. The quantitative estimate of drug-likeness (QED) is 0.851. The van der Waals surface area contributed by atoms with E-state index in [2.05, 4.69) is 10.5 Å². The average Bonchev–Trinajstić information content (AvgIpc) is 2.91. The second-order valence-corrected chi connectivity index (χ2v) is 5.17. The molecular weight excluding hydrogens is 292 g/mol. The molecule has 0 bridgehead atoms. The maximum atomic E-state index is 12.5. The SMILES string of the molecule is NC(=O)N/N=C1\CC(=O)N(c2ccccc2)[C@H]1c1ccccc1. The molecule has 0 unspecified atom stereocenters. The number of para-hydroxylation sites is 1. The lowest BCUT2D eigenvalue weighted by Gasteiger charge is -2.25. The van der Waals surface area contributed by atoms with Gasteiger partial charge < -0.3 is 5.73 Å². The largest absolute Gasteiger partial charge is 0.350 e.